The number of nitrogens with one attached hydrogen (secondary N) is 1. The lowest BCUT2D eigenvalue weighted by atomic mass is 9.96. The maximum absolute atomic E-state index is 11.8. The minimum Gasteiger partial charge on any atom is -0.352 e. The summed E-state index contributed by atoms with van der Waals surface area (Å²) in [5.74, 6) is -0.683. The fourth-order valence-corrected chi connectivity index (χ4v) is 1.90. The summed E-state index contributed by atoms with van der Waals surface area (Å²) in [5, 5.41) is 2.82. The van der Waals surface area contributed by atoms with Crippen LogP contribution in [0, 0.1) is 0 Å². The summed E-state index contributed by atoms with van der Waals surface area (Å²) in [5.41, 5.74) is 5.12. The van der Waals surface area contributed by atoms with Crippen LogP contribution in [0.15, 0.2) is 0 Å². The van der Waals surface area contributed by atoms with Crippen LogP contribution in [-0.2, 0) is 14.3 Å². The van der Waals surface area contributed by atoms with E-state index in [0.29, 0.717) is 19.6 Å². The van der Waals surface area contributed by atoms with Crippen LogP contribution >= 0.6 is 0 Å². The van der Waals surface area contributed by atoms with E-state index in [1.807, 2.05) is 20.8 Å². The summed E-state index contributed by atoms with van der Waals surface area (Å²) in [6.07, 6.45) is 1.47. The summed E-state index contributed by atoms with van der Waals surface area (Å²) < 4.78 is 11.0. The molecule has 1 aliphatic rings. The third-order valence-electron chi connectivity index (χ3n) is 2.85. The van der Waals surface area contributed by atoms with Gasteiger partial charge in [-0.3, -0.25) is 4.79 Å². The Morgan fingerprint density at radius 1 is 1.59 bits per heavy atom. The maximum atomic E-state index is 11.8. The molecule has 1 saturated heterocycles. The van der Waals surface area contributed by atoms with Crippen LogP contribution in [-0.4, -0.2) is 36.5 Å². The van der Waals surface area contributed by atoms with Gasteiger partial charge in [0, 0.05) is 6.54 Å². The van der Waals surface area contributed by atoms with Gasteiger partial charge in [0.15, 0.2) is 5.79 Å². The molecule has 1 fully saturated rings. The molecule has 2 atom stereocenters. The van der Waals surface area contributed by atoms with Crippen molar-refractivity contribution in [2.24, 2.45) is 5.73 Å². The molecule has 2 unspecified atom stereocenters. The first-order valence-electron chi connectivity index (χ1n) is 6.16. The van der Waals surface area contributed by atoms with Crippen LogP contribution in [0.4, 0.5) is 0 Å². The number of carbonyl (C=O) groups is 1. The second-order valence-corrected chi connectivity index (χ2v) is 5.33. The SMILES string of the molecule is CCCC(C)(N)C(=O)NCC1COC(C)(C)O1. The van der Waals surface area contributed by atoms with Gasteiger partial charge in [-0.25, -0.2) is 0 Å². The topological polar surface area (TPSA) is 73.6 Å². The number of hydrogen-bond acceptors (Lipinski definition) is 4. The summed E-state index contributed by atoms with van der Waals surface area (Å²) in [6, 6.07) is 0. The van der Waals surface area contributed by atoms with Crippen molar-refractivity contribution in [3.63, 3.8) is 0 Å². The van der Waals surface area contributed by atoms with E-state index >= 15 is 0 Å². The highest BCUT2D eigenvalue weighted by Crippen LogP contribution is 2.21. The van der Waals surface area contributed by atoms with Crippen molar-refractivity contribution in [3.8, 4) is 0 Å². The van der Waals surface area contributed by atoms with Crippen LogP contribution in [0.3, 0.4) is 0 Å². The first kappa shape index (κ1) is 14.4. The highest BCUT2D eigenvalue weighted by atomic mass is 16.7. The number of ether oxygens (including phenoxy) is 2. The van der Waals surface area contributed by atoms with E-state index in [1.165, 1.54) is 0 Å². The quantitative estimate of drug-likeness (QED) is 0.749. The zero-order chi connectivity index (χ0) is 13.1. The Morgan fingerprint density at radius 2 is 2.24 bits per heavy atom. The van der Waals surface area contributed by atoms with E-state index in [2.05, 4.69) is 5.32 Å². The Hall–Kier alpha value is -0.650. The number of carbonyl (C=O) groups excluding carboxylic acids is 1. The van der Waals surface area contributed by atoms with Crippen LogP contribution < -0.4 is 11.1 Å². The van der Waals surface area contributed by atoms with E-state index in [0.717, 1.165) is 6.42 Å². The lowest BCUT2D eigenvalue weighted by Gasteiger charge is -2.24. The second-order valence-electron chi connectivity index (χ2n) is 5.33. The van der Waals surface area contributed by atoms with Gasteiger partial charge in [0.2, 0.25) is 5.91 Å². The van der Waals surface area contributed by atoms with Crippen molar-refractivity contribution >= 4 is 5.91 Å². The predicted octanol–water partition coefficient (Wildman–Crippen LogP) is 0.772. The van der Waals surface area contributed by atoms with Gasteiger partial charge in [0.25, 0.3) is 0 Å². The summed E-state index contributed by atoms with van der Waals surface area (Å²) in [4.78, 5) is 11.8. The van der Waals surface area contributed by atoms with E-state index in [4.69, 9.17) is 15.2 Å². The normalized spacial score (nSPS) is 26.5. The molecule has 1 amide bonds. The fraction of sp³-hybridized carbons (Fsp3) is 0.917. The van der Waals surface area contributed by atoms with Crippen LogP contribution in [0.5, 0.6) is 0 Å². The maximum Gasteiger partial charge on any atom is 0.239 e. The molecule has 1 aliphatic heterocycles. The number of hydrogen-bond donors (Lipinski definition) is 2. The first-order valence-corrected chi connectivity index (χ1v) is 6.16. The molecule has 1 rings (SSSR count). The Labute approximate surface area is 103 Å². The zero-order valence-corrected chi connectivity index (χ0v) is 11.2. The Morgan fingerprint density at radius 3 is 2.71 bits per heavy atom. The van der Waals surface area contributed by atoms with Crippen LogP contribution in [0.25, 0.3) is 0 Å². The van der Waals surface area contributed by atoms with Crippen molar-refractivity contribution in [3.05, 3.63) is 0 Å². The molecule has 17 heavy (non-hydrogen) atoms. The number of amides is 1. The van der Waals surface area contributed by atoms with Gasteiger partial charge in [0.1, 0.15) is 6.10 Å². The van der Waals surface area contributed by atoms with Gasteiger partial charge in [-0.15, -0.1) is 0 Å². The van der Waals surface area contributed by atoms with Gasteiger partial charge in [-0.05, 0) is 27.2 Å². The van der Waals surface area contributed by atoms with Gasteiger partial charge in [-0.2, -0.15) is 0 Å². The average molecular weight is 244 g/mol. The number of rotatable bonds is 5. The summed E-state index contributed by atoms with van der Waals surface area (Å²) >= 11 is 0. The third-order valence-corrected chi connectivity index (χ3v) is 2.85. The lowest BCUT2D eigenvalue weighted by Crippen LogP contribution is -2.53. The first-order chi connectivity index (χ1) is 7.77. The Balaban J connectivity index is 2.34. The average Bonchev–Trinajstić information content (AvgIpc) is 2.54. The molecule has 0 saturated carbocycles. The van der Waals surface area contributed by atoms with Gasteiger partial charge < -0.3 is 20.5 Å². The van der Waals surface area contributed by atoms with Gasteiger partial charge in [-0.1, -0.05) is 13.3 Å². The van der Waals surface area contributed by atoms with E-state index in [9.17, 15) is 4.79 Å². The highest BCUT2D eigenvalue weighted by molar-refractivity contribution is 5.85. The summed E-state index contributed by atoms with van der Waals surface area (Å²) in [6.45, 7) is 8.43. The minimum atomic E-state index is -0.802. The monoisotopic (exact) mass is 244 g/mol. The molecule has 0 aromatic heterocycles. The minimum absolute atomic E-state index is 0.0913. The Kier molecular flexibility index (Phi) is 4.52. The van der Waals surface area contributed by atoms with E-state index < -0.39 is 11.3 Å². The molecule has 3 N–H and O–H groups in total. The van der Waals surface area contributed by atoms with Crippen molar-refractivity contribution < 1.29 is 14.3 Å². The van der Waals surface area contributed by atoms with Crippen LogP contribution in [0.2, 0.25) is 0 Å². The molecular formula is C12H24N2O3. The molecule has 5 nitrogen and oxygen atoms in total. The molecule has 0 spiro atoms. The van der Waals surface area contributed by atoms with Gasteiger partial charge >= 0.3 is 0 Å². The van der Waals surface area contributed by atoms with Crippen molar-refractivity contribution in [1.82, 2.24) is 5.32 Å². The molecule has 0 radical (unpaired) electrons. The third kappa shape index (κ3) is 4.26. The molecule has 100 valence electrons. The fourth-order valence-electron chi connectivity index (χ4n) is 1.90. The number of nitrogens with two attached hydrogens (primary N) is 1. The molecule has 0 aliphatic carbocycles. The van der Waals surface area contributed by atoms with Gasteiger partial charge in [0.05, 0.1) is 12.1 Å². The van der Waals surface area contributed by atoms with E-state index in [-0.39, 0.29) is 12.0 Å². The van der Waals surface area contributed by atoms with Crippen molar-refractivity contribution in [2.75, 3.05) is 13.2 Å². The predicted molar refractivity (Wildman–Crippen MR) is 65.4 cm³/mol. The molecule has 0 aromatic carbocycles. The second kappa shape index (κ2) is 5.33. The molecular weight excluding hydrogens is 220 g/mol. The zero-order valence-electron chi connectivity index (χ0n) is 11.2. The van der Waals surface area contributed by atoms with Crippen molar-refractivity contribution in [2.45, 2.75) is 58.0 Å². The highest BCUT2D eigenvalue weighted by Gasteiger charge is 2.34. The van der Waals surface area contributed by atoms with Crippen LogP contribution in [0.1, 0.15) is 40.5 Å². The standard InChI is InChI=1S/C12H24N2O3/c1-5-6-12(4,13)10(15)14-7-9-8-16-11(2,3)17-9/h9H,5-8,13H2,1-4H3,(H,14,15). The smallest absolute Gasteiger partial charge is 0.239 e. The lowest BCUT2D eigenvalue weighted by molar-refractivity contribution is -0.140. The Bertz CT molecular complexity index is 277. The summed E-state index contributed by atoms with van der Waals surface area (Å²) in [7, 11) is 0. The molecule has 5 heteroatoms. The molecule has 1 heterocycles. The molecule has 0 aromatic rings. The largest absolute Gasteiger partial charge is 0.352 e. The van der Waals surface area contributed by atoms with E-state index in [1.54, 1.807) is 6.92 Å². The molecule has 0 bridgehead atoms. The van der Waals surface area contributed by atoms with Crippen molar-refractivity contribution in [1.29, 1.82) is 0 Å².